The van der Waals surface area contributed by atoms with E-state index < -0.39 is 23.3 Å². The van der Waals surface area contributed by atoms with Gasteiger partial charge in [0.05, 0.1) is 24.5 Å². The number of hydrogen-bond donors (Lipinski definition) is 0. The van der Waals surface area contributed by atoms with E-state index >= 15 is 0 Å². The summed E-state index contributed by atoms with van der Waals surface area (Å²) < 4.78 is 4.60. The van der Waals surface area contributed by atoms with Crippen LogP contribution in [0, 0.1) is 25.7 Å². The molecule has 0 saturated carbocycles. The van der Waals surface area contributed by atoms with Crippen molar-refractivity contribution >= 4 is 29.2 Å². The Hall–Kier alpha value is -3.10. The average Bonchev–Trinajstić information content (AvgIpc) is 3.06. The third-order valence-corrected chi connectivity index (χ3v) is 4.71. The van der Waals surface area contributed by atoms with Gasteiger partial charge in [-0.05, 0) is 31.9 Å². The van der Waals surface area contributed by atoms with Gasteiger partial charge in [0.2, 0.25) is 5.91 Å². The summed E-state index contributed by atoms with van der Waals surface area (Å²) in [5, 5.41) is 7.15. The van der Waals surface area contributed by atoms with Crippen molar-refractivity contribution in [1.82, 2.24) is 5.12 Å². The first kappa shape index (κ1) is 17.7. The highest BCUT2D eigenvalue weighted by atomic mass is 16.5. The molecule has 2 aliphatic heterocycles. The van der Waals surface area contributed by atoms with Crippen LogP contribution in [0.15, 0.2) is 22.5 Å². The van der Waals surface area contributed by atoms with E-state index in [2.05, 4.69) is 15.1 Å². The Morgan fingerprint density at radius 3 is 2.35 bits per heavy atom. The Morgan fingerprint density at radius 1 is 1.19 bits per heavy atom. The molecule has 1 aromatic rings. The van der Waals surface area contributed by atoms with E-state index in [-0.39, 0.29) is 18.6 Å². The quantitative estimate of drug-likeness (QED) is 0.460. The van der Waals surface area contributed by atoms with Crippen molar-refractivity contribution in [1.29, 1.82) is 0 Å². The summed E-state index contributed by atoms with van der Waals surface area (Å²) in [7, 11) is 1.17. The molecule has 1 fully saturated rings. The topological polar surface area (TPSA) is 109 Å². The van der Waals surface area contributed by atoms with Crippen molar-refractivity contribution in [2.45, 2.75) is 39.2 Å². The predicted octanol–water partition coefficient (Wildman–Crippen LogP) is 1.53. The van der Waals surface area contributed by atoms with Gasteiger partial charge in [0.15, 0.2) is 11.3 Å². The van der Waals surface area contributed by atoms with Gasteiger partial charge >= 0.3 is 5.97 Å². The van der Waals surface area contributed by atoms with Crippen LogP contribution in [0.2, 0.25) is 0 Å². The number of carbonyl (C=O) groups excluding carboxylic acids is 3. The van der Waals surface area contributed by atoms with E-state index in [0.717, 1.165) is 21.6 Å². The lowest BCUT2D eigenvalue weighted by Gasteiger charge is -2.26. The molecule has 0 unspecified atom stereocenters. The molecule has 1 aromatic carbocycles. The smallest absolute Gasteiger partial charge is 0.354 e. The van der Waals surface area contributed by atoms with Crippen LogP contribution in [0.3, 0.4) is 0 Å². The number of carbonyl (C=O) groups is 3. The molecule has 2 aliphatic rings. The van der Waals surface area contributed by atoms with Gasteiger partial charge in [-0.25, -0.2) is 9.69 Å². The summed E-state index contributed by atoms with van der Waals surface area (Å²) in [5.74, 6) is -1.86. The highest BCUT2D eigenvalue weighted by molar-refractivity contribution is 6.39. The molecule has 2 heterocycles. The molecule has 0 radical (unpaired) electrons. The Bertz CT molecular complexity index is 855. The highest BCUT2D eigenvalue weighted by Crippen LogP contribution is 2.42. The van der Waals surface area contributed by atoms with Crippen molar-refractivity contribution in [3.63, 3.8) is 0 Å². The van der Waals surface area contributed by atoms with Crippen LogP contribution < -0.4 is 4.90 Å². The zero-order valence-corrected chi connectivity index (χ0v) is 14.9. The number of esters is 1. The molecule has 0 N–H and O–H groups in total. The number of ether oxygens (including phenoxy) is 1. The normalized spacial score (nSPS) is 22.2. The number of imide groups is 1. The Balaban J connectivity index is 2.05. The van der Waals surface area contributed by atoms with Crippen molar-refractivity contribution in [2.75, 3.05) is 12.0 Å². The molecular formula is C17H18N4O5. The minimum atomic E-state index is -1.62. The van der Waals surface area contributed by atoms with Crippen LogP contribution in [0.25, 0.3) is 0 Å². The molecule has 1 spiro atoms. The second-order valence-electron chi connectivity index (χ2n) is 6.58. The number of methoxy groups -OCH3 is 1. The van der Waals surface area contributed by atoms with E-state index in [1.54, 1.807) is 0 Å². The second kappa shape index (κ2) is 6.01. The van der Waals surface area contributed by atoms with Gasteiger partial charge in [0, 0.05) is 6.42 Å². The zero-order valence-electron chi connectivity index (χ0n) is 14.9. The SMILES string of the molecule is COC(=O)C1=NN(N=O)[C@]2(CC(=O)N(c3c(C)cc(C)cc3C)C2=O)C1. The number of hydrazone groups is 1. The molecule has 2 amide bonds. The zero-order chi connectivity index (χ0) is 19.2. The molecule has 9 heteroatoms. The molecule has 136 valence electrons. The largest absolute Gasteiger partial charge is 0.464 e. The summed E-state index contributed by atoms with van der Waals surface area (Å²) in [6.07, 6.45) is -0.509. The van der Waals surface area contributed by atoms with Crippen molar-refractivity contribution in [3.05, 3.63) is 33.7 Å². The van der Waals surface area contributed by atoms with Gasteiger partial charge in [0.1, 0.15) is 0 Å². The molecule has 3 rings (SSSR count). The summed E-state index contributed by atoms with van der Waals surface area (Å²) >= 11 is 0. The second-order valence-corrected chi connectivity index (χ2v) is 6.58. The van der Waals surface area contributed by atoms with E-state index in [1.165, 1.54) is 7.11 Å². The van der Waals surface area contributed by atoms with Crippen LogP contribution >= 0.6 is 0 Å². The fourth-order valence-corrected chi connectivity index (χ4v) is 3.69. The van der Waals surface area contributed by atoms with Crippen molar-refractivity contribution in [3.8, 4) is 0 Å². The van der Waals surface area contributed by atoms with Gasteiger partial charge in [-0.1, -0.05) is 17.7 Å². The van der Waals surface area contributed by atoms with Crippen LogP contribution in [0.1, 0.15) is 29.5 Å². The van der Waals surface area contributed by atoms with Gasteiger partial charge in [0.25, 0.3) is 5.91 Å². The number of amides is 2. The fourth-order valence-electron chi connectivity index (χ4n) is 3.69. The number of nitrogens with zero attached hydrogens (tertiary/aromatic N) is 4. The molecule has 9 nitrogen and oxygen atoms in total. The molecule has 0 aromatic heterocycles. The summed E-state index contributed by atoms with van der Waals surface area (Å²) in [6.45, 7) is 5.54. The third kappa shape index (κ3) is 2.39. The monoisotopic (exact) mass is 358 g/mol. The van der Waals surface area contributed by atoms with Gasteiger partial charge in [-0.2, -0.15) is 0 Å². The van der Waals surface area contributed by atoms with E-state index in [9.17, 15) is 19.3 Å². The maximum absolute atomic E-state index is 13.2. The van der Waals surface area contributed by atoms with E-state index in [1.807, 2.05) is 32.9 Å². The van der Waals surface area contributed by atoms with Crippen LogP contribution in [-0.4, -0.2) is 41.3 Å². The number of hydrogen-bond acceptors (Lipinski definition) is 7. The van der Waals surface area contributed by atoms with Crippen LogP contribution in [0.4, 0.5) is 5.69 Å². The Morgan fingerprint density at radius 2 is 1.81 bits per heavy atom. The Kier molecular flexibility index (Phi) is 4.09. The molecule has 1 saturated heterocycles. The van der Waals surface area contributed by atoms with Gasteiger partial charge < -0.3 is 4.74 Å². The number of nitroso groups, excluding NO2 is 1. The first-order valence-electron chi connectivity index (χ1n) is 7.99. The molecule has 0 aliphatic carbocycles. The number of benzene rings is 1. The van der Waals surface area contributed by atoms with Crippen molar-refractivity contribution < 1.29 is 19.1 Å². The molecule has 0 bridgehead atoms. The van der Waals surface area contributed by atoms with Gasteiger partial charge in [-0.3, -0.25) is 9.59 Å². The summed E-state index contributed by atoms with van der Waals surface area (Å²) in [6, 6.07) is 3.74. The molecule has 26 heavy (non-hydrogen) atoms. The molecule has 1 atom stereocenters. The fraction of sp³-hybridized carbons (Fsp3) is 0.412. The maximum Gasteiger partial charge on any atom is 0.354 e. The van der Waals surface area contributed by atoms with Crippen LogP contribution in [0.5, 0.6) is 0 Å². The number of rotatable bonds is 3. The van der Waals surface area contributed by atoms with E-state index in [4.69, 9.17) is 0 Å². The lowest BCUT2D eigenvalue weighted by Crippen LogP contribution is -2.48. The first-order valence-corrected chi connectivity index (χ1v) is 7.99. The maximum atomic E-state index is 13.2. The third-order valence-electron chi connectivity index (χ3n) is 4.71. The van der Waals surface area contributed by atoms with E-state index in [0.29, 0.717) is 10.8 Å². The van der Waals surface area contributed by atoms with Gasteiger partial charge in [-0.15, -0.1) is 15.1 Å². The lowest BCUT2D eigenvalue weighted by molar-refractivity contribution is -0.132. The average molecular weight is 358 g/mol. The van der Waals surface area contributed by atoms with Crippen LogP contribution in [-0.2, 0) is 19.1 Å². The Labute approximate surface area is 149 Å². The highest BCUT2D eigenvalue weighted by Gasteiger charge is 2.61. The minimum Gasteiger partial charge on any atom is -0.464 e. The predicted molar refractivity (Wildman–Crippen MR) is 92.2 cm³/mol. The lowest BCUT2D eigenvalue weighted by atomic mass is 9.92. The standard InChI is InChI=1S/C17H18N4O5/c1-9-5-10(2)14(11(3)6-9)20-13(22)8-17(16(20)24)7-12(15(23)26-4)18-21(17)19-25/h5-6H,7-8H2,1-4H3/t17-/m0/s1. The summed E-state index contributed by atoms with van der Waals surface area (Å²) in [4.78, 5) is 50.0. The molecular weight excluding hydrogens is 340 g/mol. The summed E-state index contributed by atoms with van der Waals surface area (Å²) in [5.41, 5.74) is 1.28. The number of aryl methyl sites for hydroxylation is 3. The first-order chi connectivity index (χ1) is 12.2. The van der Waals surface area contributed by atoms with Crippen molar-refractivity contribution in [2.24, 2.45) is 10.4 Å². The minimum absolute atomic E-state index is 0.118. The number of anilines is 1.